The molecule has 3 aromatic rings. The van der Waals surface area contributed by atoms with Gasteiger partial charge in [-0.1, -0.05) is 12.1 Å². The molecule has 0 spiro atoms. The van der Waals surface area contributed by atoms with Gasteiger partial charge in [-0.3, -0.25) is 9.78 Å². The second-order valence-electron chi connectivity index (χ2n) is 6.08. The summed E-state index contributed by atoms with van der Waals surface area (Å²) in [6.45, 7) is 0. The molecule has 0 aliphatic carbocycles. The molecule has 0 saturated heterocycles. The zero-order valence-corrected chi connectivity index (χ0v) is 15.8. The molecular weight excluding hydrogens is 407 g/mol. The molecule has 1 aromatic carbocycles. The van der Waals surface area contributed by atoms with Crippen molar-refractivity contribution in [2.24, 2.45) is 0 Å². The summed E-state index contributed by atoms with van der Waals surface area (Å²) in [7, 11) is -3.49. The van der Waals surface area contributed by atoms with Crippen LogP contribution in [-0.2, 0) is 16.0 Å². The van der Waals surface area contributed by atoms with Crippen LogP contribution in [-0.4, -0.2) is 30.5 Å². The minimum Gasteiger partial charge on any atom is -0.307 e. The van der Waals surface area contributed by atoms with Gasteiger partial charge in [0.05, 0.1) is 16.2 Å². The Labute approximate surface area is 164 Å². The molecule has 10 heteroatoms. The fourth-order valence-electron chi connectivity index (χ4n) is 2.51. The third kappa shape index (κ3) is 4.77. The number of hydrogen-bond donors (Lipinski definition) is 1. The zero-order valence-electron chi connectivity index (χ0n) is 14.9. The van der Waals surface area contributed by atoms with Crippen LogP contribution in [0.3, 0.4) is 0 Å². The number of benzene rings is 1. The van der Waals surface area contributed by atoms with E-state index in [4.69, 9.17) is 0 Å². The van der Waals surface area contributed by atoms with Crippen LogP contribution in [0.1, 0.15) is 15.9 Å². The van der Waals surface area contributed by atoms with Crippen LogP contribution >= 0.6 is 0 Å². The van der Waals surface area contributed by atoms with Gasteiger partial charge >= 0.3 is 6.18 Å². The number of alkyl halides is 3. The first-order chi connectivity index (χ1) is 13.6. The first-order valence-electron chi connectivity index (χ1n) is 8.16. The van der Waals surface area contributed by atoms with Crippen molar-refractivity contribution >= 4 is 21.6 Å². The van der Waals surface area contributed by atoms with E-state index in [1.165, 1.54) is 42.6 Å². The van der Waals surface area contributed by atoms with Crippen LogP contribution in [0.25, 0.3) is 11.3 Å². The summed E-state index contributed by atoms with van der Waals surface area (Å²) >= 11 is 0. The lowest BCUT2D eigenvalue weighted by atomic mass is 10.1. The lowest BCUT2D eigenvalue weighted by Gasteiger charge is -2.09. The monoisotopic (exact) mass is 421 g/mol. The number of carbonyl (C=O) groups is 1. The molecule has 1 amide bonds. The van der Waals surface area contributed by atoms with E-state index >= 15 is 0 Å². The molecule has 1 N–H and O–H groups in total. The first kappa shape index (κ1) is 20.5. The number of nitrogens with zero attached hydrogens (tertiary/aromatic N) is 2. The number of sulfone groups is 1. The van der Waals surface area contributed by atoms with Crippen LogP contribution < -0.4 is 5.32 Å². The summed E-state index contributed by atoms with van der Waals surface area (Å²) in [5.74, 6) is -0.607. The Bertz CT molecular complexity index is 1140. The van der Waals surface area contributed by atoms with Crippen molar-refractivity contribution in [1.29, 1.82) is 0 Å². The SMILES string of the molecule is CS(=O)(=O)c1cccnc1-c1ccc(C(=O)Nc2ccc(C(F)(F)F)cn2)cc1. The minimum absolute atomic E-state index is 0.0313. The van der Waals surface area contributed by atoms with E-state index in [0.29, 0.717) is 11.8 Å². The Morgan fingerprint density at radius 2 is 1.69 bits per heavy atom. The predicted molar refractivity (Wildman–Crippen MR) is 100.0 cm³/mol. The highest BCUT2D eigenvalue weighted by atomic mass is 32.2. The van der Waals surface area contributed by atoms with Crippen molar-refractivity contribution < 1.29 is 26.4 Å². The second-order valence-corrected chi connectivity index (χ2v) is 8.07. The second kappa shape index (κ2) is 7.63. The number of amides is 1. The maximum absolute atomic E-state index is 12.6. The molecule has 0 fully saturated rings. The number of carbonyl (C=O) groups excluding carboxylic acids is 1. The first-order valence-corrected chi connectivity index (χ1v) is 10.0. The normalized spacial score (nSPS) is 11.9. The number of pyridine rings is 2. The lowest BCUT2D eigenvalue weighted by molar-refractivity contribution is -0.137. The largest absolute Gasteiger partial charge is 0.417 e. The lowest BCUT2D eigenvalue weighted by Crippen LogP contribution is -2.13. The van der Waals surface area contributed by atoms with Gasteiger partial charge in [-0.25, -0.2) is 13.4 Å². The molecule has 150 valence electrons. The molecule has 0 unspecified atom stereocenters. The van der Waals surface area contributed by atoms with Gasteiger partial charge < -0.3 is 5.32 Å². The van der Waals surface area contributed by atoms with Gasteiger partial charge in [0, 0.05) is 29.8 Å². The fraction of sp³-hybridized carbons (Fsp3) is 0.105. The Kier molecular flexibility index (Phi) is 5.38. The van der Waals surface area contributed by atoms with Crippen LogP contribution in [0.2, 0.25) is 0 Å². The van der Waals surface area contributed by atoms with E-state index < -0.39 is 27.5 Å². The molecule has 2 heterocycles. The zero-order chi connectivity index (χ0) is 21.2. The molecule has 0 saturated carbocycles. The number of anilines is 1. The highest BCUT2D eigenvalue weighted by Crippen LogP contribution is 2.29. The van der Waals surface area contributed by atoms with Gasteiger partial charge in [-0.15, -0.1) is 0 Å². The van der Waals surface area contributed by atoms with Gasteiger partial charge in [0.1, 0.15) is 5.82 Å². The van der Waals surface area contributed by atoms with E-state index in [1.54, 1.807) is 0 Å². The fourth-order valence-corrected chi connectivity index (χ4v) is 3.36. The average molecular weight is 421 g/mol. The highest BCUT2D eigenvalue weighted by molar-refractivity contribution is 7.90. The van der Waals surface area contributed by atoms with E-state index in [9.17, 15) is 26.4 Å². The van der Waals surface area contributed by atoms with Crippen molar-refractivity contribution in [3.8, 4) is 11.3 Å². The standard InChI is InChI=1S/C19H14F3N3O3S/c1-29(27,28)15-3-2-10-23-17(15)12-4-6-13(7-5-12)18(26)25-16-9-8-14(11-24-16)19(20,21)22/h2-11H,1H3,(H,24,25,26). The number of rotatable bonds is 4. The van der Waals surface area contributed by atoms with Crippen LogP contribution in [0.5, 0.6) is 0 Å². The molecule has 0 bridgehead atoms. The summed E-state index contributed by atoms with van der Waals surface area (Å²) in [6.07, 6.45) is -1.35. The van der Waals surface area contributed by atoms with Gasteiger partial charge in [0.15, 0.2) is 9.84 Å². The Balaban J connectivity index is 1.80. The molecule has 0 aliphatic rings. The molecule has 0 atom stereocenters. The predicted octanol–water partition coefficient (Wildman–Crippen LogP) is 3.82. The van der Waals surface area contributed by atoms with E-state index in [1.807, 2.05) is 0 Å². The molecule has 0 aliphatic heterocycles. The number of aromatic nitrogens is 2. The Morgan fingerprint density at radius 1 is 1.00 bits per heavy atom. The maximum Gasteiger partial charge on any atom is 0.417 e. The highest BCUT2D eigenvalue weighted by Gasteiger charge is 2.30. The van der Waals surface area contributed by atoms with Gasteiger partial charge in [0.25, 0.3) is 5.91 Å². The van der Waals surface area contributed by atoms with Crippen molar-refractivity contribution in [3.05, 3.63) is 72.1 Å². The van der Waals surface area contributed by atoms with Gasteiger partial charge in [-0.05, 0) is 36.4 Å². The third-order valence-corrected chi connectivity index (χ3v) is 5.05. The van der Waals surface area contributed by atoms with Crippen LogP contribution in [0, 0.1) is 0 Å². The number of hydrogen-bond acceptors (Lipinski definition) is 5. The quantitative estimate of drug-likeness (QED) is 0.692. The summed E-state index contributed by atoms with van der Waals surface area (Å²) < 4.78 is 61.5. The Morgan fingerprint density at radius 3 is 2.24 bits per heavy atom. The molecule has 2 aromatic heterocycles. The smallest absolute Gasteiger partial charge is 0.307 e. The van der Waals surface area contributed by atoms with E-state index in [2.05, 4.69) is 15.3 Å². The van der Waals surface area contributed by atoms with Crippen molar-refractivity contribution in [1.82, 2.24) is 9.97 Å². The van der Waals surface area contributed by atoms with Crippen molar-refractivity contribution in [2.75, 3.05) is 11.6 Å². The van der Waals surface area contributed by atoms with Crippen molar-refractivity contribution in [2.45, 2.75) is 11.1 Å². The van der Waals surface area contributed by atoms with E-state index in [0.717, 1.165) is 18.4 Å². The van der Waals surface area contributed by atoms with Crippen molar-refractivity contribution in [3.63, 3.8) is 0 Å². The molecule has 6 nitrogen and oxygen atoms in total. The maximum atomic E-state index is 12.6. The van der Waals surface area contributed by atoms with Gasteiger partial charge in [-0.2, -0.15) is 13.2 Å². The van der Waals surface area contributed by atoms with Crippen LogP contribution in [0.4, 0.5) is 19.0 Å². The summed E-state index contributed by atoms with van der Waals surface area (Å²) in [4.78, 5) is 20.0. The number of nitrogens with one attached hydrogen (secondary N) is 1. The third-order valence-electron chi connectivity index (χ3n) is 3.92. The average Bonchev–Trinajstić information content (AvgIpc) is 2.67. The Hall–Kier alpha value is -3.27. The summed E-state index contributed by atoms with van der Waals surface area (Å²) in [5, 5.41) is 2.40. The summed E-state index contributed by atoms with van der Waals surface area (Å²) in [5.41, 5.74) is 0.0470. The van der Waals surface area contributed by atoms with Gasteiger partial charge in [0.2, 0.25) is 0 Å². The number of halogens is 3. The molecular formula is C19H14F3N3O3S. The molecule has 29 heavy (non-hydrogen) atoms. The van der Waals surface area contributed by atoms with Crippen LogP contribution in [0.15, 0.2) is 65.8 Å². The minimum atomic E-state index is -4.51. The summed E-state index contributed by atoms with van der Waals surface area (Å²) in [6, 6.07) is 10.8. The molecule has 3 rings (SSSR count). The molecule has 0 radical (unpaired) electrons. The van der Waals surface area contributed by atoms with E-state index in [-0.39, 0.29) is 22.0 Å². The topological polar surface area (TPSA) is 89.0 Å².